The Morgan fingerprint density at radius 2 is 2.08 bits per heavy atom. The summed E-state index contributed by atoms with van der Waals surface area (Å²) in [6, 6.07) is 7.06. The summed E-state index contributed by atoms with van der Waals surface area (Å²) in [5.41, 5.74) is 1.40. The topological polar surface area (TPSA) is 93.9 Å². The molecular weight excluding hydrogens is 338 g/mol. The number of amides is 1. The highest BCUT2D eigenvalue weighted by atomic mass is 16.7. The summed E-state index contributed by atoms with van der Waals surface area (Å²) >= 11 is 0. The monoisotopic (exact) mass is 357 g/mol. The first-order valence-electron chi connectivity index (χ1n) is 8.54. The summed E-state index contributed by atoms with van der Waals surface area (Å²) in [7, 11) is 0. The van der Waals surface area contributed by atoms with Crippen LogP contribution in [0.25, 0.3) is 0 Å². The molecule has 136 valence electrons. The average molecular weight is 357 g/mol. The summed E-state index contributed by atoms with van der Waals surface area (Å²) in [6.45, 7) is 1.28. The van der Waals surface area contributed by atoms with Gasteiger partial charge in [0.05, 0.1) is 5.69 Å². The zero-order valence-corrected chi connectivity index (χ0v) is 14.1. The minimum absolute atomic E-state index is 0.0435. The number of carboxylic acid groups (broad SMARTS) is 1. The van der Waals surface area contributed by atoms with Crippen molar-refractivity contribution in [3.8, 4) is 11.5 Å². The van der Waals surface area contributed by atoms with Gasteiger partial charge in [-0.25, -0.2) is 0 Å². The number of hydrogen-bond donors (Lipinski definition) is 1. The second kappa shape index (κ2) is 6.70. The van der Waals surface area contributed by atoms with Gasteiger partial charge in [-0.15, -0.1) is 0 Å². The van der Waals surface area contributed by atoms with Crippen LogP contribution in [0.15, 0.2) is 30.5 Å². The number of benzene rings is 1. The van der Waals surface area contributed by atoms with Crippen LogP contribution in [0.3, 0.4) is 0 Å². The second-order valence-electron chi connectivity index (χ2n) is 6.49. The van der Waals surface area contributed by atoms with E-state index in [4.69, 9.17) is 14.6 Å². The zero-order valence-electron chi connectivity index (χ0n) is 14.1. The molecule has 2 aromatic rings. The van der Waals surface area contributed by atoms with E-state index in [1.54, 1.807) is 24.4 Å². The predicted molar refractivity (Wildman–Crippen MR) is 90.3 cm³/mol. The second-order valence-corrected chi connectivity index (χ2v) is 6.49. The first-order valence-corrected chi connectivity index (χ1v) is 8.54. The molecule has 0 radical (unpaired) electrons. The molecule has 1 aromatic heterocycles. The molecule has 0 spiro atoms. The van der Waals surface area contributed by atoms with Crippen molar-refractivity contribution in [3.63, 3.8) is 0 Å². The van der Waals surface area contributed by atoms with Crippen LogP contribution in [-0.4, -0.2) is 51.5 Å². The van der Waals surface area contributed by atoms with Gasteiger partial charge >= 0.3 is 5.97 Å². The van der Waals surface area contributed by atoms with Crippen molar-refractivity contribution in [2.24, 2.45) is 0 Å². The maximum absolute atomic E-state index is 12.9. The lowest BCUT2D eigenvalue weighted by molar-refractivity contribution is -0.137. The fourth-order valence-corrected chi connectivity index (χ4v) is 3.44. The Kier molecular flexibility index (Phi) is 4.24. The van der Waals surface area contributed by atoms with E-state index in [2.05, 4.69) is 5.10 Å². The summed E-state index contributed by atoms with van der Waals surface area (Å²) < 4.78 is 12.0. The Morgan fingerprint density at radius 3 is 2.92 bits per heavy atom. The molecule has 1 fully saturated rings. The van der Waals surface area contributed by atoms with Gasteiger partial charge in [0.1, 0.15) is 6.54 Å². The Bertz CT molecular complexity index is 847. The Balaban J connectivity index is 1.47. The molecule has 8 nitrogen and oxygen atoms in total. The highest BCUT2D eigenvalue weighted by molar-refractivity contribution is 5.95. The van der Waals surface area contributed by atoms with Gasteiger partial charge in [0.15, 0.2) is 11.5 Å². The van der Waals surface area contributed by atoms with Crippen molar-refractivity contribution in [1.29, 1.82) is 0 Å². The molecule has 1 atom stereocenters. The van der Waals surface area contributed by atoms with Crippen molar-refractivity contribution >= 4 is 11.9 Å². The van der Waals surface area contributed by atoms with Crippen molar-refractivity contribution in [2.75, 3.05) is 19.9 Å². The molecule has 4 rings (SSSR count). The number of aromatic nitrogens is 2. The SMILES string of the molecule is O=C(O)Cn1ccc([C@H]2CCCN(C(=O)c3ccc4c(c3)OCO4)C2)n1. The van der Waals surface area contributed by atoms with E-state index in [0.717, 1.165) is 18.5 Å². The molecule has 8 heteroatoms. The van der Waals surface area contributed by atoms with Crippen LogP contribution in [0.4, 0.5) is 0 Å². The first kappa shape index (κ1) is 16.4. The van der Waals surface area contributed by atoms with E-state index < -0.39 is 5.97 Å². The zero-order chi connectivity index (χ0) is 18.1. The first-order chi connectivity index (χ1) is 12.6. The van der Waals surface area contributed by atoms with Gasteiger partial charge in [0.25, 0.3) is 5.91 Å². The predicted octanol–water partition coefficient (Wildman–Crippen LogP) is 1.72. The Labute approximate surface area is 149 Å². The third-order valence-corrected chi connectivity index (χ3v) is 4.70. The highest BCUT2D eigenvalue weighted by Crippen LogP contribution is 2.33. The third kappa shape index (κ3) is 3.22. The molecular formula is C18H19N3O5. The number of fused-ring (bicyclic) bond motifs is 1. The Hall–Kier alpha value is -3.03. The van der Waals surface area contributed by atoms with Gasteiger partial charge in [-0.1, -0.05) is 0 Å². The van der Waals surface area contributed by atoms with Crippen LogP contribution in [0.1, 0.15) is 34.8 Å². The lowest BCUT2D eigenvalue weighted by Gasteiger charge is -2.32. The molecule has 26 heavy (non-hydrogen) atoms. The molecule has 0 aliphatic carbocycles. The van der Waals surface area contributed by atoms with E-state index in [9.17, 15) is 9.59 Å². The summed E-state index contributed by atoms with van der Waals surface area (Å²) in [4.78, 5) is 25.5. The van der Waals surface area contributed by atoms with Crippen molar-refractivity contribution in [1.82, 2.24) is 14.7 Å². The van der Waals surface area contributed by atoms with Crippen LogP contribution < -0.4 is 9.47 Å². The number of likely N-dealkylation sites (tertiary alicyclic amines) is 1. The van der Waals surface area contributed by atoms with Crippen LogP contribution in [0.2, 0.25) is 0 Å². The number of carbonyl (C=O) groups excluding carboxylic acids is 1. The minimum Gasteiger partial charge on any atom is -0.480 e. The molecule has 2 aliphatic heterocycles. The average Bonchev–Trinajstić information content (AvgIpc) is 3.29. The number of aliphatic carboxylic acids is 1. The lowest BCUT2D eigenvalue weighted by atomic mass is 9.94. The summed E-state index contributed by atoms with van der Waals surface area (Å²) in [6.07, 6.45) is 3.48. The van der Waals surface area contributed by atoms with Gasteiger partial charge in [0.2, 0.25) is 6.79 Å². The maximum atomic E-state index is 12.9. The van der Waals surface area contributed by atoms with Crippen LogP contribution in [-0.2, 0) is 11.3 Å². The van der Waals surface area contributed by atoms with Crippen LogP contribution in [0.5, 0.6) is 11.5 Å². The van der Waals surface area contributed by atoms with E-state index in [1.165, 1.54) is 4.68 Å². The molecule has 0 unspecified atom stereocenters. The smallest absolute Gasteiger partial charge is 0.325 e. The van der Waals surface area contributed by atoms with E-state index in [-0.39, 0.29) is 25.2 Å². The largest absolute Gasteiger partial charge is 0.480 e. The fraction of sp³-hybridized carbons (Fsp3) is 0.389. The normalized spacial score (nSPS) is 18.8. The fourth-order valence-electron chi connectivity index (χ4n) is 3.44. The van der Waals surface area contributed by atoms with Crippen LogP contribution >= 0.6 is 0 Å². The summed E-state index contributed by atoms with van der Waals surface area (Å²) in [5.74, 6) is 0.386. The highest BCUT2D eigenvalue weighted by Gasteiger charge is 2.28. The molecule has 2 aliphatic rings. The van der Waals surface area contributed by atoms with Gasteiger partial charge in [-0.2, -0.15) is 5.10 Å². The number of nitrogens with zero attached hydrogens (tertiary/aromatic N) is 3. The number of hydrogen-bond acceptors (Lipinski definition) is 5. The van der Waals surface area contributed by atoms with E-state index in [0.29, 0.717) is 30.2 Å². The molecule has 0 bridgehead atoms. The quantitative estimate of drug-likeness (QED) is 0.895. The molecule has 1 N–H and O–H groups in total. The number of ether oxygens (including phenoxy) is 2. The van der Waals surface area contributed by atoms with Crippen LogP contribution in [0, 0.1) is 0 Å². The van der Waals surface area contributed by atoms with Gasteiger partial charge in [0, 0.05) is 30.8 Å². The molecule has 1 amide bonds. The minimum atomic E-state index is -0.928. The Morgan fingerprint density at radius 1 is 1.23 bits per heavy atom. The molecule has 0 saturated carbocycles. The number of carbonyl (C=O) groups is 2. The number of rotatable bonds is 4. The van der Waals surface area contributed by atoms with E-state index in [1.807, 2.05) is 11.0 Å². The number of piperidine rings is 1. The van der Waals surface area contributed by atoms with E-state index >= 15 is 0 Å². The third-order valence-electron chi connectivity index (χ3n) is 4.70. The standard InChI is InChI=1S/C18H19N3O5/c22-17(23)10-21-7-5-14(19-21)13-2-1-6-20(9-13)18(24)12-3-4-15-16(8-12)26-11-25-15/h3-5,7-8,13H,1-2,6,9-11H2,(H,22,23)/t13-/m0/s1. The van der Waals surface area contributed by atoms with Crippen molar-refractivity contribution in [3.05, 3.63) is 41.7 Å². The number of carboxylic acids is 1. The maximum Gasteiger partial charge on any atom is 0.325 e. The molecule has 3 heterocycles. The van der Waals surface area contributed by atoms with Crippen molar-refractivity contribution < 1.29 is 24.2 Å². The van der Waals surface area contributed by atoms with Crippen molar-refractivity contribution in [2.45, 2.75) is 25.3 Å². The van der Waals surface area contributed by atoms with Gasteiger partial charge in [-0.05, 0) is 37.1 Å². The summed E-state index contributed by atoms with van der Waals surface area (Å²) in [5, 5.41) is 13.2. The van der Waals surface area contributed by atoms with Gasteiger partial charge in [-0.3, -0.25) is 14.3 Å². The molecule has 1 saturated heterocycles. The van der Waals surface area contributed by atoms with Gasteiger partial charge < -0.3 is 19.5 Å². The lowest BCUT2D eigenvalue weighted by Crippen LogP contribution is -2.39. The molecule has 1 aromatic carbocycles.